The molecular weight excluding hydrogens is 360 g/mol. The zero-order valence-corrected chi connectivity index (χ0v) is 16.9. The maximum atomic E-state index is 12.5. The van der Waals surface area contributed by atoms with Crippen LogP contribution >= 0.6 is 0 Å². The molecule has 0 spiro atoms. The standard InChI is InChI=1S/C21H32N2O5/c1-16(28-15-19-4-3-11-27-19)21(24)22-14-20(23-9-12-26-13-10-23)17-5-7-18(25-2)8-6-17/h5-8,16,19-20H,3-4,9-15H2,1-2H3,(H,22,24)/t16-,19+,20+/m1/s1. The van der Waals surface area contributed by atoms with Gasteiger partial charge in [0, 0.05) is 26.2 Å². The van der Waals surface area contributed by atoms with E-state index in [1.54, 1.807) is 14.0 Å². The SMILES string of the molecule is COc1ccc([C@H](CNC(=O)[C@@H](C)OC[C@@H]2CCCO2)N2CCOCC2)cc1. The molecule has 2 saturated heterocycles. The minimum Gasteiger partial charge on any atom is -0.497 e. The van der Waals surface area contributed by atoms with E-state index in [1.807, 2.05) is 12.1 Å². The second-order valence-electron chi connectivity index (χ2n) is 7.29. The molecule has 2 aliphatic rings. The van der Waals surface area contributed by atoms with Crippen LogP contribution in [0.5, 0.6) is 5.75 Å². The number of nitrogens with zero attached hydrogens (tertiary/aromatic N) is 1. The molecule has 1 aromatic carbocycles. The number of hydrogen-bond acceptors (Lipinski definition) is 6. The molecule has 0 aliphatic carbocycles. The molecule has 0 bridgehead atoms. The molecule has 1 N–H and O–H groups in total. The van der Waals surface area contributed by atoms with E-state index in [1.165, 1.54) is 0 Å². The Morgan fingerprint density at radius 2 is 2.00 bits per heavy atom. The van der Waals surface area contributed by atoms with E-state index < -0.39 is 6.10 Å². The fourth-order valence-corrected chi connectivity index (χ4v) is 3.62. The summed E-state index contributed by atoms with van der Waals surface area (Å²) in [6, 6.07) is 8.12. The normalized spacial score (nSPS) is 22.6. The number of hydrogen-bond donors (Lipinski definition) is 1. The molecule has 0 radical (unpaired) electrons. The van der Waals surface area contributed by atoms with Gasteiger partial charge in [0.2, 0.25) is 5.91 Å². The monoisotopic (exact) mass is 392 g/mol. The summed E-state index contributed by atoms with van der Waals surface area (Å²) in [7, 11) is 1.66. The van der Waals surface area contributed by atoms with Gasteiger partial charge in [-0.3, -0.25) is 9.69 Å². The number of morpholine rings is 1. The molecule has 2 heterocycles. The zero-order chi connectivity index (χ0) is 19.8. The van der Waals surface area contributed by atoms with Crippen molar-refractivity contribution in [3.8, 4) is 5.75 Å². The van der Waals surface area contributed by atoms with Crippen LogP contribution in [0.4, 0.5) is 0 Å². The topological polar surface area (TPSA) is 69.3 Å². The molecule has 3 rings (SSSR count). The number of methoxy groups -OCH3 is 1. The summed E-state index contributed by atoms with van der Waals surface area (Å²) in [5.41, 5.74) is 1.15. The lowest BCUT2D eigenvalue weighted by atomic mass is 10.0. The first-order valence-corrected chi connectivity index (χ1v) is 10.1. The molecule has 7 nitrogen and oxygen atoms in total. The van der Waals surface area contributed by atoms with Gasteiger partial charge in [-0.05, 0) is 37.5 Å². The number of carbonyl (C=O) groups excluding carboxylic acids is 1. The van der Waals surface area contributed by atoms with Crippen molar-refractivity contribution in [3.63, 3.8) is 0 Å². The smallest absolute Gasteiger partial charge is 0.248 e. The Balaban J connectivity index is 1.55. The van der Waals surface area contributed by atoms with Gasteiger partial charge in [0.05, 0.1) is 39.1 Å². The summed E-state index contributed by atoms with van der Waals surface area (Å²) in [6.07, 6.45) is 1.70. The molecule has 28 heavy (non-hydrogen) atoms. The van der Waals surface area contributed by atoms with Crippen molar-refractivity contribution in [1.82, 2.24) is 10.2 Å². The number of carbonyl (C=O) groups is 1. The van der Waals surface area contributed by atoms with Crippen LogP contribution in [0.3, 0.4) is 0 Å². The third kappa shape index (κ3) is 5.91. The highest BCUT2D eigenvalue weighted by molar-refractivity contribution is 5.80. The van der Waals surface area contributed by atoms with Gasteiger partial charge in [0.15, 0.2) is 0 Å². The average molecular weight is 392 g/mol. The average Bonchev–Trinajstić information content (AvgIpc) is 3.27. The van der Waals surface area contributed by atoms with Crippen LogP contribution in [0.15, 0.2) is 24.3 Å². The molecule has 2 fully saturated rings. The Morgan fingerprint density at radius 1 is 1.25 bits per heavy atom. The molecule has 3 atom stereocenters. The fourth-order valence-electron chi connectivity index (χ4n) is 3.62. The molecule has 0 saturated carbocycles. The predicted octanol–water partition coefficient (Wildman–Crippen LogP) is 1.77. The lowest BCUT2D eigenvalue weighted by Gasteiger charge is -2.35. The molecule has 1 amide bonds. The summed E-state index contributed by atoms with van der Waals surface area (Å²) in [6.45, 7) is 6.69. The third-order valence-electron chi connectivity index (χ3n) is 5.38. The number of rotatable bonds is 9. The van der Waals surface area contributed by atoms with Crippen LogP contribution in [-0.2, 0) is 19.0 Å². The molecular formula is C21H32N2O5. The van der Waals surface area contributed by atoms with Crippen LogP contribution in [0.2, 0.25) is 0 Å². The van der Waals surface area contributed by atoms with Crippen molar-refractivity contribution in [2.24, 2.45) is 0 Å². The zero-order valence-electron chi connectivity index (χ0n) is 16.9. The molecule has 156 valence electrons. The van der Waals surface area contributed by atoms with Gasteiger partial charge in [-0.2, -0.15) is 0 Å². The second kappa shape index (κ2) is 10.8. The van der Waals surface area contributed by atoms with Gasteiger partial charge in [-0.15, -0.1) is 0 Å². The highest BCUT2D eigenvalue weighted by atomic mass is 16.5. The summed E-state index contributed by atoms with van der Waals surface area (Å²) >= 11 is 0. The third-order valence-corrected chi connectivity index (χ3v) is 5.38. The van der Waals surface area contributed by atoms with Crippen molar-refractivity contribution >= 4 is 5.91 Å². The highest BCUT2D eigenvalue weighted by Crippen LogP contribution is 2.23. The van der Waals surface area contributed by atoms with Crippen LogP contribution < -0.4 is 10.1 Å². The first kappa shape index (κ1) is 21.0. The van der Waals surface area contributed by atoms with Gasteiger partial charge < -0.3 is 24.3 Å². The van der Waals surface area contributed by atoms with Crippen molar-refractivity contribution < 1.29 is 23.7 Å². The van der Waals surface area contributed by atoms with E-state index in [0.29, 0.717) is 26.4 Å². The van der Waals surface area contributed by atoms with E-state index in [-0.39, 0.29) is 18.1 Å². The minimum absolute atomic E-state index is 0.0871. The lowest BCUT2D eigenvalue weighted by molar-refractivity contribution is -0.134. The molecule has 0 aromatic heterocycles. The second-order valence-corrected chi connectivity index (χ2v) is 7.29. The maximum absolute atomic E-state index is 12.5. The van der Waals surface area contributed by atoms with Crippen molar-refractivity contribution in [3.05, 3.63) is 29.8 Å². The summed E-state index contributed by atoms with van der Waals surface area (Å²) in [5.74, 6) is 0.731. The van der Waals surface area contributed by atoms with Gasteiger partial charge >= 0.3 is 0 Å². The van der Waals surface area contributed by atoms with Crippen molar-refractivity contribution in [2.45, 2.75) is 38.0 Å². The largest absolute Gasteiger partial charge is 0.497 e. The predicted molar refractivity (Wildman–Crippen MR) is 106 cm³/mol. The highest BCUT2D eigenvalue weighted by Gasteiger charge is 2.25. The van der Waals surface area contributed by atoms with Gasteiger partial charge in [0.25, 0.3) is 0 Å². The fraction of sp³-hybridized carbons (Fsp3) is 0.667. The van der Waals surface area contributed by atoms with Crippen molar-refractivity contribution in [2.75, 3.05) is 53.2 Å². The van der Waals surface area contributed by atoms with E-state index in [4.69, 9.17) is 18.9 Å². The van der Waals surface area contributed by atoms with Gasteiger partial charge in [0.1, 0.15) is 11.9 Å². The van der Waals surface area contributed by atoms with Gasteiger partial charge in [-0.25, -0.2) is 0 Å². The number of nitrogens with one attached hydrogen (secondary N) is 1. The minimum atomic E-state index is -0.495. The Morgan fingerprint density at radius 3 is 2.64 bits per heavy atom. The molecule has 0 unspecified atom stereocenters. The van der Waals surface area contributed by atoms with E-state index in [0.717, 1.165) is 43.9 Å². The van der Waals surface area contributed by atoms with Crippen LogP contribution in [0.25, 0.3) is 0 Å². The quantitative estimate of drug-likeness (QED) is 0.691. The molecule has 1 aromatic rings. The van der Waals surface area contributed by atoms with Crippen LogP contribution in [-0.4, -0.2) is 76.2 Å². The number of ether oxygens (including phenoxy) is 4. The van der Waals surface area contributed by atoms with Crippen LogP contribution in [0, 0.1) is 0 Å². The van der Waals surface area contributed by atoms with E-state index in [2.05, 4.69) is 22.3 Å². The van der Waals surface area contributed by atoms with Crippen LogP contribution in [0.1, 0.15) is 31.4 Å². The Labute approximate surface area is 167 Å². The maximum Gasteiger partial charge on any atom is 0.248 e. The Bertz CT molecular complexity index is 597. The van der Waals surface area contributed by atoms with E-state index in [9.17, 15) is 4.79 Å². The first-order chi connectivity index (χ1) is 13.7. The molecule has 2 aliphatic heterocycles. The van der Waals surface area contributed by atoms with E-state index >= 15 is 0 Å². The summed E-state index contributed by atoms with van der Waals surface area (Å²) in [5, 5.41) is 3.06. The number of amides is 1. The summed E-state index contributed by atoms with van der Waals surface area (Å²) in [4.78, 5) is 14.9. The number of benzene rings is 1. The van der Waals surface area contributed by atoms with Crippen molar-refractivity contribution in [1.29, 1.82) is 0 Å². The lowest BCUT2D eigenvalue weighted by Crippen LogP contribution is -2.45. The Hall–Kier alpha value is -1.67. The first-order valence-electron chi connectivity index (χ1n) is 10.1. The Kier molecular flexibility index (Phi) is 8.09. The van der Waals surface area contributed by atoms with Gasteiger partial charge in [-0.1, -0.05) is 12.1 Å². The summed E-state index contributed by atoms with van der Waals surface area (Å²) < 4.78 is 22.0. The molecule has 7 heteroatoms.